The maximum Gasteiger partial charge on any atom is 0.198 e. The van der Waals surface area contributed by atoms with Crippen LogP contribution in [-0.4, -0.2) is 29.1 Å². The number of aryl methyl sites for hydroxylation is 1. The molecule has 3 aromatic rings. The highest BCUT2D eigenvalue weighted by molar-refractivity contribution is 8.00. The lowest BCUT2D eigenvalue weighted by atomic mass is 10.2. The van der Waals surface area contributed by atoms with E-state index < -0.39 is 0 Å². The third-order valence-corrected chi connectivity index (χ3v) is 4.68. The van der Waals surface area contributed by atoms with Gasteiger partial charge in [-0.1, -0.05) is 13.0 Å². The molecule has 8 heteroatoms. The van der Waals surface area contributed by atoms with Crippen LogP contribution in [0.1, 0.15) is 12.7 Å². The van der Waals surface area contributed by atoms with Crippen molar-refractivity contribution in [2.24, 2.45) is 0 Å². The van der Waals surface area contributed by atoms with Gasteiger partial charge >= 0.3 is 0 Å². The summed E-state index contributed by atoms with van der Waals surface area (Å²) in [5.41, 5.74) is 0.975. The van der Waals surface area contributed by atoms with Crippen molar-refractivity contribution in [3.63, 3.8) is 0 Å². The van der Waals surface area contributed by atoms with E-state index in [1.807, 2.05) is 29.7 Å². The zero-order valence-electron chi connectivity index (χ0n) is 12.0. The van der Waals surface area contributed by atoms with Crippen LogP contribution in [0.25, 0.3) is 11.4 Å². The van der Waals surface area contributed by atoms with Crippen LogP contribution in [0.5, 0.6) is 0 Å². The van der Waals surface area contributed by atoms with Gasteiger partial charge in [0.15, 0.2) is 15.3 Å². The number of allylic oxidation sites excluding steroid dienone is 1. The summed E-state index contributed by atoms with van der Waals surface area (Å²) in [6.07, 6.45) is 6.15. The lowest BCUT2D eigenvalue weighted by molar-refractivity contribution is 0.731. The second-order valence-corrected chi connectivity index (χ2v) is 6.34. The molecule has 0 radical (unpaired) electrons. The van der Waals surface area contributed by atoms with Crippen LogP contribution in [0.4, 0.5) is 0 Å². The molecule has 22 heavy (non-hydrogen) atoms. The minimum absolute atomic E-state index is 0.631. The predicted octanol–water partition coefficient (Wildman–Crippen LogP) is 3.09. The Balaban J connectivity index is 1.94. The Morgan fingerprint density at radius 2 is 2.14 bits per heavy atom. The molecule has 3 aromatic heterocycles. The van der Waals surface area contributed by atoms with Gasteiger partial charge in [-0.15, -0.1) is 16.8 Å². The van der Waals surface area contributed by atoms with E-state index >= 15 is 0 Å². The molecule has 0 atom stereocenters. The fourth-order valence-corrected chi connectivity index (χ4v) is 3.52. The van der Waals surface area contributed by atoms with Gasteiger partial charge < -0.3 is 0 Å². The molecular formula is C14H14N6S2. The fourth-order valence-electron chi connectivity index (χ4n) is 1.87. The van der Waals surface area contributed by atoms with Gasteiger partial charge in [0, 0.05) is 30.9 Å². The van der Waals surface area contributed by atoms with Gasteiger partial charge in [0.25, 0.3) is 0 Å². The van der Waals surface area contributed by atoms with E-state index in [2.05, 4.69) is 31.1 Å². The fraction of sp³-hybridized carbons (Fsp3) is 0.214. The molecule has 0 unspecified atom stereocenters. The molecule has 0 bridgehead atoms. The van der Waals surface area contributed by atoms with Gasteiger partial charge in [0.05, 0.1) is 0 Å². The van der Waals surface area contributed by atoms with Crippen molar-refractivity contribution in [2.75, 3.05) is 0 Å². The van der Waals surface area contributed by atoms with E-state index in [1.54, 1.807) is 12.4 Å². The summed E-state index contributed by atoms with van der Waals surface area (Å²) in [7, 11) is 0. The Kier molecular flexibility index (Phi) is 4.59. The highest BCUT2D eigenvalue weighted by Gasteiger charge is 2.16. The highest BCUT2D eigenvalue weighted by atomic mass is 32.2. The molecule has 0 fully saturated rings. The zero-order valence-corrected chi connectivity index (χ0v) is 13.6. The molecule has 0 aromatic carbocycles. The minimum Gasteiger partial charge on any atom is -0.298 e. The molecule has 0 N–H and O–H groups in total. The largest absolute Gasteiger partial charge is 0.298 e. The molecule has 0 spiro atoms. The van der Waals surface area contributed by atoms with E-state index in [0.717, 1.165) is 33.1 Å². The van der Waals surface area contributed by atoms with Crippen molar-refractivity contribution in [1.29, 1.82) is 0 Å². The van der Waals surface area contributed by atoms with Crippen LogP contribution in [-0.2, 0) is 13.0 Å². The summed E-state index contributed by atoms with van der Waals surface area (Å²) < 4.78 is 7.18. The standard InChI is InChI=1S/C14H14N6S2/c1-3-9-20-12(10-5-7-15-8-6-10)17-18-13(20)21-14-16-11(4-2)19-22-14/h3,5-8H,1,4,9H2,2H3. The SMILES string of the molecule is C=CCn1c(Sc2nc(CC)ns2)nnc1-c1ccncc1. The Bertz CT molecular complexity index is 765. The first-order valence-electron chi connectivity index (χ1n) is 6.76. The zero-order chi connectivity index (χ0) is 15.4. The van der Waals surface area contributed by atoms with Crippen LogP contribution in [0, 0.1) is 0 Å². The topological polar surface area (TPSA) is 69.4 Å². The first kappa shape index (κ1) is 14.9. The van der Waals surface area contributed by atoms with Gasteiger partial charge in [-0.3, -0.25) is 9.55 Å². The second-order valence-electron chi connectivity index (χ2n) is 4.37. The van der Waals surface area contributed by atoms with E-state index in [4.69, 9.17) is 0 Å². The molecule has 6 nitrogen and oxygen atoms in total. The quantitative estimate of drug-likeness (QED) is 0.647. The summed E-state index contributed by atoms with van der Waals surface area (Å²) in [6, 6.07) is 3.83. The van der Waals surface area contributed by atoms with Crippen LogP contribution in [0.3, 0.4) is 0 Å². The van der Waals surface area contributed by atoms with Gasteiger partial charge in [-0.2, -0.15) is 4.37 Å². The lowest BCUT2D eigenvalue weighted by Crippen LogP contribution is -2.00. The van der Waals surface area contributed by atoms with Crippen LogP contribution < -0.4 is 0 Å². The van der Waals surface area contributed by atoms with Crippen LogP contribution in [0.2, 0.25) is 0 Å². The molecule has 3 rings (SSSR count). The van der Waals surface area contributed by atoms with Crippen molar-refractivity contribution in [2.45, 2.75) is 29.4 Å². The average molecular weight is 330 g/mol. The van der Waals surface area contributed by atoms with E-state index in [0.29, 0.717) is 6.54 Å². The Labute approximate surface area is 136 Å². The molecule has 0 saturated carbocycles. The Hall–Kier alpha value is -2.06. The molecule has 112 valence electrons. The first-order chi connectivity index (χ1) is 10.8. The molecule has 0 saturated heterocycles. The molecular weight excluding hydrogens is 316 g/mol. The Morgan fingerprint density at radius 1 is 1.32 bits per heavy atom. The smallest absolute Gasteiger partial charge is 0.198 e. The van der Waals surface area contributed by atoms with Gasteiger partial charge in [-0.05, 0) is 35.4 Å². The van der Waals surface area contributed by atoms with E-state index in [1.165, 1.54) is 23.3 Å². The van der Waals surface area contributed by atoms with Gasteiger partial charge in [0.2, 0.25) is 0 Å². The number of hydrogen-bond acceptors (Lipinski definition) is 7. The summed E-state index contributed by atoms with van der Waals surface area (Å²) >= 11 is 2.86. The number of rotatable bonds is 6. The van der Waals surface area contributed by atoms with Gasteiger partial charge in [0.1, 0.15) is 5.82 Å². The highest BCUT2D eigenvalue weighted by Crippen LogP contribution is 2.30. The number of nitrogens with zero attached hydrogens (tertiary/aromatic N) is 6. The summed E-state index contributed by atoms with van der Waals surface area (Å²) in [5.74, 6) is 1.65. The van der Waals surface area contributed by atoms with Crippen molar-refractivity contribution >= 4 is 23.3 Å². The number of aromatic nitrogens is 6. The maximum atomic E-state index is 4.46. The van der Waals surface area contributed by atoms with Gasteiger partial charge in [-0.25, -0.2) is 4.98 Å². The third kappa shape index (κ3) is 3.07. The summed E-state index contributed by atoms with van der Waals surface area (Å²) in [5, 5.41) is 9.37. The first-order valence-corrected chi connectivity index (χ1v) is 8.35. The van der Waals surface area contributed by atoms with Crippen LogP contribution >= 0.6 is 23.3 Å². The minimum atomic E-state index is 0.631. The molecule has 0 aliphatic carbocycles. The maximum absolute atomic E-state index is 4.46. The monoisotopic (exact) mass is 330 g/mol. The predicted molar refractivity (Wildman–Crippen MR) is 86.9 cm³/mol. The molecule has 0 aliphatic rings. The van der Waals surface area contributed by atoms with Crippen LogP contribution in [0.15, 0.2) is 46.7 Å². The molecule has 3 heterocycles. The second kappa shape index (κ2) is 6.80. The summed E-state index contributed by atoms with van der Waals surface area (Å²) in [4.78, 5) is 8.49. The normalized spacial score (nSPS) is 10.8. The number of hydrogen-bond donors (Lipinski definition) is 0. The average Bonchev–Trinajstić information content (AvgIpc) is 3.17. The van der Waals surface area contributed by atoms with Crippen molar-refractivity contribution in [3.8, 4) is 11.4 Å². The van der Waals surface area contributed by atoms with E-state index in [9.17, 15) is 0 Å². The molecule has 0 amide bonds. The Morgan fingerprint density at radius 3 is 2.82 bits per heavy atom. The summed E-state index contributed by atoms with van der Waals surface area (Å²) in [6.45, 7) is 6.48. The number of pyridine rings is 1. The van der Waals surface area contributed by atoms with Crippen molar-refractivity contribution in [3.05, 3.63) is 43.0 Å². The lowest BCUT2D eigenvalue weighted by Gasteiger charge is -2.06. The molecule has 0 aliphatic heterocycles. The van der Waals surface area contributed by atoms with E-state index in [-0.39, 0.29) is 0 Å². The van der Waals surface area contributed by atoms with Crippen molar-refractivity contribution < 1.29 is 0 Å². The third-order valence-electron chi connectivity index (χ3n) is 2.91. The van der Waals surface area contributed by atoms with Crippen molar-refractivity contribution in [1.82, 2.24) is 29.1 Å².